The third-order valence-corrected chi connectivity index (χ3v) is 4.38. The summed E-state index contributed by atoms with van der Waals surface area (Å²) >= 11 is 0. The minimum absolute atomic E-state index is 0.143. The molecule has 1 saturated carbocycles. The highest BCUT2D eigenvalue weighted by atomic mass is 16.3. The molecule has 1 heteroatoms. The van der Waals surface area contributed by atoms with E-state index < -0.39 is 0 Å². The number of hydrogen-bond acceptors (Lipinski definition) is 1. The van der Waals surface area contributed by atoms with Gasteiger partial charge in [-0.3, -0.25) is 0 Å². The molecule has 17 heavy (non-hydrogen) atoms. The lowest BCUT2D eigenvalue weighted by Crippen LogP contribution is -2.24. The maximum absolute atomic E-state index is 10.1. The van der Waals surface area contributed by atoms with Gasteiger partial charge in [0.15, 0.2) is 0 Å². The Morgan fingerprint density at radius 2 is 1.76 bits per heavy atom. The van der Waals surface area contributed by atoms with Gasteiger partial charge in [-0.2, -0.15) is 0 Å². The molecule has 1 rings (SSSR count). The van der Waals surface area contributed by atoms with Gasteiger partial charge in [-0.05, 0) is 37.0 Å². The van der Waals surface area contributed by atoms with Crippen LogP contribution in [0.25, 0.3) is 0 Å². The maximum Gasteiger partial charge on any atom is 0.0594 e. The van der Waals surface area contributed by atoms with E-state index in [0.717, 1.165) is 18.8 Å². The van der Waals surface area contributed by atoms with Crippen molar-refractivity contribution >= 4 is 0 Å². The lowest BCUT2D eigenvalue weighted by molar-refractivity contribution is 0.0643. The Bertz CT molecular complexity index is 216. The normalized spacial score (nSPS) is 23.8. The van der Waals surface area contributed by atoms with Crippen LogP contribution in [-0.4, -0.2) is 11.2 Å². The van der Waals surface area contributed by atoms with E-state index in [-0.39, 0.29) is 6.10 Å². The lowest BCUT2D eigenvalue weighted by Gasteiger charge is -2.23. The quantitative estimate of drug-likeness (QED) is 0.673. The van der Waals surface area contributed by atoms with Crippen molar-refractivity contribution in [1.29, 1.82) is 0 Å². The van der Waals surface area contributed by atoms with Gasteiger partial charge in [0.05, 0.1) is 6.10 Å². The van der Waals surface area contributed by atoms with Gasteiger partial charge in [0.2, 0.25) is 0 Å². The number of hydrogen-bond donors (Lipinski definition) is 1. The second-order valence-electron chi connectivity index (χ2n) is 5.92. The zero-order chi connectivity index (χ0) is 12.7. The molecule has 0 amide bonds. The van der Waals surface area contributed by atoms with Crippen molar-refractivity contribution in [1.82, 2.24) is 0 Å². The largest absolute Gasteiger partial charge is 0.393 e. The number of allylic oxidation sites excluding steroid dienone is 2. The molecule has 3 atom stereocenters. The molecule has 1 nitrogen and oxygen atoms in total. The average molecular weight is 238 g/mol. The van der Waals surface area contributed by atoms with Gasteiger partial charge in [0.1, 0.15) is 0 Å². The van der Waals surface area contributed by atoms with Crippen LogP contribution in [0.4, 0.5) is 0 Å². The first kappa shape index (κ1) is 14.8. The predicted molar refractivity (Wildman–Crippen MR) is 75.0 cm³/mol. The van der Waals surface area contributed by atoms with Crippen LogP contribution in [0, 0.1) is 17.8 Å². The molecule has 1 N–H and O–H groups in total. The second kappa shape index (κ2) is 7.92. The highest BCUT2D eigenvalue weighted by Gasteiger charge is 2.18. The molecular weight excluding hydrogens is 208 g/mol. The van der Waals surface area contributed by atoms with E-state index in [4.69, 9.17) is 0 Å². The summed E-state index contributed by atoms with van der Waals surface area (Å²) in [4.78, 5) is 0. The van der Waals surface area contributed by atoms with Crippen molar-refractivity contribution in [2.45, 2.75) is 71.8 Å². The fourth-order valence-electron chi connectivity index (χ4n) is 2.75. The molecule has 1 aliphatic rings. The molecule has 100 valence electrons. The Morgan fingerprint density at radius 3 is 2.35 bits per heavy atom. The molecule has 1 aliphatic carbocycles. The third-order valence-electron chi connectivity index (χ3n) is 4.38. The predicted octanol–water partition coefficient (Wildman–Crippen LogP) is 4.56. The van der Waals surface area contributed by atoms with Crippen LogP contribution < -0.4 is 0 Å². The Hall–Kier alpha value is -0.300. The second-order valence-corrected chi connectivity index (χ2v) is 5.92. The van der Waals surface area contributed by atoms with E-state index in [2.05, 4.69) is 32.9 Å². The van der Waals surface area contributed by atoms with Gasteiger partial charge in [-0.15, -0.1) is 0 Å². The summed E-state index contributed by atoms with van der Waals surface area (Å²) in [5.41, 5.74) is 0. The molecule has 0 saturated heterocycles. The molecule has 3 unspecified atom stereocenters. The summed E-state index contributed by atoms with van der Waals surface area (Å²) in [5.74, 6) is 1.63. The number of aliphatic hydroxyl groups excluding tert-OH is 1. The molecule has 0 aromatic rings. The zero-order valence-corrected chi connectivity index (χ0v) is 11.9. The van der Waals surface area contributed by atoms with Crippen LogP contribution in [0.5, 0.6) is 0 Å². The highest BCUT2D eigenvalue weighted by Crippen LogP contribution is 2.25. The molecule has 0 aromatic heterocycles. The summed E-state index contributed by atoms with van der Waals surface area (Å²) in [7, 11) is 0. The molecule has 0 bridgehead atoms. The van der Waals surface area contributed by atoms with Crippen LogP contribution in [-0.2, 0) is 0 Å². The van der Waals surface area contributed by atoms with Crippen molar-refractivity contribution in [3.8, 4) is 0 Å². The van der Waals surface area contributed by atoms with Crippen molar-refractivity contribution < 1.29 is 5.11 Å². The minimum Gasteiger partial charge on any atom is -0.393 e. The van der Waals surface area contributed by atoms with Gasteiger partial charge >= 0.3 is 0 Å². The minimum atomic E-state index is -0.143. The van der Waals surface area contributed by atoms with E-state index in [1.165, 1.54) is 32.1 Å². The van der Waals surface area contributed by atoms with E-state index in [1.54, 1.807) is 0 Å². The summed E-state index contributed by atoms with van der Waals surface area (Å²) < 4.78 is 0. The van der Waals surface area contributed by atoms with Crippen LogP contribution >= 0.6 is 0 Å². The van der Waals surface area contributed by atoms with Crippen LogP contribution in [0.3, 0.4) is 0 Å². The van der Waals surface area contributed by atoms with Gasteiger partial charge in [0, 0.05) is 0 Å². The highest BCUT2D eigenvalue weighted by molar-refractivity contribution is 4.91. The van der Waals surface area contributed by atoms with Gasteiger partial charge in [-0.25, -0.2) is 0 Å². The molecule has 0 aliphatic heterocycles. The van der Waals surface area contributed by atoms with E-state index in [9.17, 15) is 5.11 Å². The van der Waals surface area contributed by atoms with Gasteiger partial charge < -0.3 is 5.11 Å². The lowest BCUT2D eigenvalue weighted by atomic mass is 9.87. The van der Waals surface area contributed by atoms with Crippen molar-refractivity contribution in [2.75, 3.05) is 0 Å². The number of aliphatic hydroxyl groups is 1. The summed E-state index contributed by atoms with van der Waals surface area (Å²) in [6.07, 6.45) is 13.6. The summed E-state index contributed by atoms with van der Waals surface area (Å²) in [5, 5.41) is 10.1. The monoisotopic (exact) mass is 238 g/mol. The number of rotatable bonds is 6. The topological polar surface area (TPSA) is 20.2 Å². The summed E-state index contributed by atoms with van der Waals surface area (Å²) in [6, 6.07) is 0. The first-order valence-corrected chi connectivity index (χ1v) is 7.49. The molecule has 0 aromatic carbocycles. The van der Waals surface area contributed by atoms with E-state index >= 15 is 0 Å². The fraction of sp³-hybridized carbons (Fsp3) is 0.875. The van der Waals surface area contributed by atoms with Gasteiger partial charge in [-0.1, -0.05) is 58.6 Å². The van der Waals surface area contributed by atoms with Crippen molar-refractivity contribution in [2.24, 2.45) is 17.8 Å². The first-order valence-electron chi connectivity index (χ1n) is 7.49. The van der Waals surface area contributed by atoms with Crippen LogP contribution in [0.1, 0.15) is 65.7 Å². The molecular formula is C16H30O. The Kier molecular flexibility index (Phi) is 6.87. The smallest absolute Gasteiger partial charge is 0.0594 e. The molecule has 0 radical (unpaired) electrons. The van der Waals surface area contributed by atoms with Crippen LogP contribution in [0.15, 0.2) is 12.2 Å². The standard InChI is InChI=1S/C16H30O/c1-4-13(2)16(17)14(3)9-8-12-15-10-6-5-7-11-15/h8,12-17H,4-7,9-11H2,1-3H3/b12-8+. The zero-order valence-electron chi connectivity index (χ0n) is 11.9. The molecule has 1 fully saturated rings. The third kappa shape index (κ3) is 5.25. The van der Waals surface area contributed by atoms with Crippen molar-refractivity contribution in [3.05, 3.63) is 12.2 Å². The molecule has 0 heterocycles. The van der Waals surface area contributed by atoms with Crippen molar-refractivity contribution in [3.63, 3.8) is 0 Å². The Balaban J connectivity index is 2.26. The van der Waals surface area contributed by atoms with E-state index in [1.807, 2.05) is 0 Å². The first-order chi connectivity index (χ1) is 8.15. The summed E-state index contributed by atoms with van der Waals surface area (Å²) in [6.45, 7) is 6.46. The average Bonchev–Trinajstić information content (AvgIpc) is 2.38. The maximum atomic E-state index is 10.1. The van der Waals surface area contributed by atoms with Crippen LogP contribution in [0.2, 0.25) is 0 Å². The fourth-order valence-corrected chi connectivity index (χ4v) is 2.75. The SMILES string of the molecule is CCC(C)C(O)C(C)C/C=C/C1CCCCC1. The van der Waals surface area contributed by atoms with E-state index in [0.29, 0.717) is 11.8 Å². The Morgan fingerprint density at radius 1 is 1.12 bits per heavy atom. The van der Waals surface area contributed by atoms with Gasteiger partial charge in [0.25, 0.3) is 0 Å². The Labute approximate surface area is 107 Å². The molecule has 0 spiro atoms.